The Morgan fingerprint density at radius 1 is 0.449 bits per heavy atom. The van der Waals surface area contributed by atoms with Crippen molar-refractivity contribution in [2.24, 2.45) is 0 Å². The molecule has 2 saturated heterocycles. The van der Waals surface area contributed by atoms with Crippen LogP contribution in [0.1, 0.15) is 304 Å². The number of carbonyl (C=O) groups is 1. The van der Waals surface area contributed by atoms with Crippen molar-refractivity contribution in [3.63, 3.8) is 0 Å². The normalized spacial score (nSPS) is 23.0. The Hall–Kier alpha value is -0.930. The van der Waals surface area contributed by atoms with E-state index in [2.05, 4.69) is 45.2 Å². The van der Waals surface area contributed by atoms with E-state index < -0.39 is 83.6 Å². The Morgan fingerprint density at radius 3 is 1.33 bits per heavy atom. The maximum atomic E-state index is 14.1. The van der Waals surface area contributed by atoms with E-state index in [1.807, 2.05) is 0 Å². The number of nitrogens with one attached hydrogen (secondary N) is 1. The number of amides is 1. The quantitative estimate of drug-likeness (QED) is 0.0188. The van der Waals surface area contributed by atoms with Crippen LogP contribution < -0.4 is 5.32 Å². The first-order chi connectivity index (χ1) is 43.1. The number of hydrogen-bond acceptors (Lipinski definition) is 14. The number of allylic oxidation sites excluding steroid dienone is 2. The van der Waals surface area contributed by atoms with Crippen molar-refractivity contribution < 1.29 is 85.5 Å². The second-order valence-corrected chi connectivity index (χ2v) is 27.8. The number of methoxy groups -OCH3 is 2. The summed E-state index contributed by atoms with van der Waals surface area (Å²) in [5, 5.41) is 15.3. The lowest BCUT2D eigenvalue weighted by atomic mass is 9.95. The van der Waals surface area contributed by atoms with Gasteiger partial charge in [-0.15, -0.1) is 0 Å². The summed E-state index contributed by atoms with van der Waals surface area (Å²) in [6, 6.07) is -1.25. The molecule has 0 aromatic carbocycles. The molecule has 0 aromatic rings. The minimum absolute atomic E-state index is 0.0523. The largest absolute Gasteiger partial charge is 0.472 e. The molecule has 2 fully saturated rings. The van der Waals surface area contributed by atoms with Gasteiger partial charge in [-0.2, -0.15) is 0 Å². The Bertz CT molecular complexity index is 1760. The molecule has 11 atom stereocenters. The van der Waals surface area contributed by atoms with E-state index in [4.69, 9.17) is 46.9 Å². The summed E-state index contributed by atoms with van der Waals surface area (Å²) in [6.45, 7) is 8.62. The van der Waals surface area contributed by atoms with Gasteiger partial charge in [-0.25, -0.2) is 9.13 Å². The van der Waals surface area contributed by atoms with Gasteiger partial charge >= 0.3 is 15.6 Å². The molecule has 0 aromatic heterocycles. The highest BCUT2D eigenvalue weighted by Crippen LogP contribution is 2.44. The molecule has 0 spiro atoms. The van der Waals surface area contributed by atoms with Crippen LogP contribution in [0.3, 0.4) is 0 Å². The molecule has 21 heteroatoms. The summed E-state index contributed by atoms with van der Waals surface area (Å²) in [5.41, 5.74) is 0. The SMILES string of the molecule is CCCCCCCC/C=C/CCCCCCCC(=O)N[C@H]1[C@H](OC[C@H]2O[C@H](OP(=O)(O)O)[C@H](OCCCCCCCCCCCCCC)[C@@H](OCCCCCCCCCCCC)[C@@H]2O)O[C@H](COC)[C@@H](OP(=O)(O)O)[C@@H]1OCC[C@@H](CCCCCCC)OC. The number of aliphatic hydroxyl groups excluding tert-OH is 1. The lowest BCUT2D eigenvalue weighted by Crippen LogP contribution is -2.67. The summed E-state index contributed by atoms with van der Waals surface area (Å²) in [6.07, 6.45) is 37.9. The van der Waals surface area contributed by atoms with Gasteiger partial charge in [-0.05, 0) is 57.8 Å². The number of ether oxygens (including phenoxy) is 8. The van der Waals surface area contributed by atoms with Crippen molar-refractivity contribution >= 4 is 21.6 Å². The first-order valence-corrected chi connectivity index (χ1v) is 39.1. The van der Waals surface area contributed by atoms with Crippen LogP contribution in [0.4, 0.5) is 0 Å². The zero-order valence-corrected chi connectivity index (χ0v) is 58.7. The van der Waals surface area contributed by atoms with E-state index in [-0.39, 0.29) is 44.9 Å². The minimum atomic E-state index is -5.23. The van der Waals surface area contributed by atoms with Crippen LogP contribution in [0.15, 0.2) is 12.2 Å². The smallest absolute Gasteiger partial charge is 0.387 e. The number of phosphoric acid groups is 2. The van der Waals surface area contributed by atoms with E-state index in [1.165, 1.54) is 136 Å². The Kier molecular flexibility index (Phi) is 52.2. The summed E-state index contributed by atoms with van der Waals surface area (Å²) in [7, 11) is -7.42. The molecule has 6 N–H and O–H groups in total. The lowest BCUT2D eigenvalue weighted by Gasteiger charge is -2.47. The van der Waals surface area contributed by atoms with Gasteiger partial charge in [0.25, 0.3) is 0 Å². The van der Waals surface area contributed by atoms with Gasteiger partial charge in [0.2, 0.25) is 5.91 Å². The molecule has 1 amide bonds. The predicted octanol–water partition coefficient (Wildman–Crippen LogP) is 16.1. The molecule has 2 rings (SSSR count). The maximum absolute atomic E-state index is 14.1. The summed E-state index contributed by atoms with van der Waals surface area (Å²) >= 11 is 0. The third kappa shape index (κ3) is 43.0. The molecule has 0 unspecified atom stereocenters. The van der Waals surface area contributed by atoms with Crippen molar-refractivity contribution in [3.05, 3.63) is 12.2 Å². The third-order valence-electron chi connectivity index (χ3n) is 17.3. The van der Waals surface area contributed by atoms with Gasteiger partial charge in [0, 0.05) is 40.5 Å². The number of phosphoric ester groups is 2. The molecule has 528 valence electrons. The second kappa shape index (κ2) is 55.2. The van der Waals surface area contributed by atoms with Crippen molar-refractivity contribution in [2.75, 3.05) is 47.3 Å². The molecule has 0 bridgehead atoms. The van der Waals surface area contributed by atoms with Gasteiger partial charge in [0.05, 0.1) is 19.3 Å². The van der Waals surface area contributed by atoms with E-state index in [9.17, 15) is 38.6 Å². The Labute approximate surface area is 540 Å². The third-order valence-corrected chi connectivity index (χ3v) is 18.3. The highest BCUT2D eigenvalue weighted by molar-refractivity contribution is 7.46. The fraction of sp³-hybridized carbons (Fsp3) is 0.956. The fourth-order valence-electron chi connectivity index (χ4n) is 12.1. The Balaban J connectivity index is 2.39. The van der Waals surface area contributed by atoms with Crippen LogP contribution in [0, 0.1) is 0 Å². The minimum Gasteiger partial charge on any atom is -0.387 e. The zero-order valence-electron chi connectivity index (χ0n) is 56.9. The molecular formula is C68H133NO18P2. The fourth-order valence-corrected chi connectivity index (χ4v) is 13.1. The number of carbonyl (C=O) groups excluding carboxylic acids is 1. The van der Waals surface area contributed by atoms with E-state index >= 15 is 0 Å². The molecule has 2 aliphatic heterocycles. The summed E-state index contributed by atoms with van der Waals surface area (Å²) in [4.78, 5) is 55.4. The Morgan fingerprint density at radius 2 is 0.865 bits per heavy atom. The molecule has 89 heavy (non-hydrogen) atoms. The van der Waals surface area contributed by atoms with Crippen molar-refractivity contribution in [1.29, 1.82) is 0 Å². The first-order valence-electron chi connectivity index (χ1n) is 36.0. The van der Waals surface area contributed by atoms with Gasteiger partial charge in [0.1, 0.15) is 48.8 Å². The van der Waals surface area contributed by atoms with Crippen LogP contribution in [0.2, 0.25) is 0 Å². The van der Waals surface area contributed by atoms with Crippen LogP contribution >= 0.6 is 15.6 Å². The number of aliphatic hydroxyl groups is 1. The summed E-state index contributed by atoms with van der Waals surface area (Å²) < 4.78 is 86.3. The predicted molar refractivity (Wildman–Crippen MR) is 354 cm³/mol. The highest BCUT2D eigenvalue weighted by atomic mass is 31.2. The average Bonchev–Trinajstić information content (AvgIpc) is 0.992. The van der Waals surface area contributed by atoms with E-state index in [0.717, 1.165) is 116 Å². The van der Waals surface area contributed by atoms with Gasteiger partial charge in [-0.3, -0.25) is 13.8 Å². The second-order valence-electron chi connectivity index (χ2n) is 25.4. The first kappa shape index (κ1) is 84.2. The maximum Gasteiger partial charge on any atom is 0.472 e. The average molecular weight is 1310 g/mol. The van der Waals surface area contributed by atoms with Crippen LogP contribution in [-0.4, -0.2) is 145 Å². The van der Waals surface area contributed by atoms with Gasteiger partial charge in [0.15, 0.2) is 12.6 Å². The van der Waals surface area contributed by atoms with Crippen molar-refractivity contribution in [3.8, 4) is 0 Å². The van der Waals surface area contributed by atoms with Crippen LogP contribution in [0.25, 0.3) is 0 Å². The molecule has 2 heterocycles. The lowest BCUT2D eigenvalue weighted by molar-refractivity contribution is -0.319. The zero-order chi connectivity index (χ0) is 65.1. The van der Waals surface area contributed by atoms with E-state index in [0.29, 0.717) is 25.7 Å². The molecule has 0 saturated carbocycles. The molecular weight excluding hydrogens is 1180 g/mol. The molecule has 0 aliphatic carbocycles. The van der Waals surface area contributed by atoms with Crippen molar-refractivity contribution in [1.82, 2.24) is 5.32 Å². The highest BCUT2D eigenvalue weighted by Gasteiger charge is 2.53. The summed E-state index contributed by atoms with van der Waals surface area (Å²) in [5.74, 6) is -0.377. The van der Waals surface area contributed by atoms with E-state index in [1.54, 1.807) is 7.11 Å². The monoisotopic (exact) mass is 1310 g/mol. The van der Waals surface area contributed by atoms with Gasteiger partial charge in [-0.1, -0.05) is 252 Å². The topological polar surface area (TPSA) is 257 Å². The standard InChI is InChI=1S/C68H133NO18P2/c1-7-11-15-19-22-25-28-30-31-32-33-35-38-42-46-50-60(70)69-61-64(82-54-51-57(79-6)49-45-41-18-14-10-4)63(86-88(72,73)74)59(55-78-5)85-67(61)83-56-58-62(71)65(80-52-47-43-39-36-27-24-21-17-13-9-3)66(68(84-58)87-89(75,76)77)81-53-48-44-40-37-34-29-26-23-20-16-12-8-2/h30-31,57-59,61-68,71H,7-29,32-56H2,1-6H3,(H,69,70)(H2,72,73,74)(H2,75,76,77)/b31-30+/t57-,58-,59-,61-,62-,63-,64-,65+,66-,67-,68-/m1/s1. The van der Waals surface area contributed by atoms with Crippen molar-refractivity contribution in [2.45, 2.75) is 371 Å². The van der Waals surface area contributed by atoms with Crippen LogP contribution in [-0.2, 0) is 60.9 Å². The number of unbranched alkanes of at least 4 members (excludes halogenated alkanes) is 35. The molecule has 19 nitrogen and oxygen atoms in total. The van der Waals surface area contributed by atoms with Crippen LogP contribution in [0.5, 0.6) is 0 Å². The molecule has 2 aliphatic rings. The number of hydrogen-bond donors (Lipinski definition) is 6. The van der Waals surface area contributed by atoms with Gasteiger partial charge < -0.3 is 67.9 Å². The molecule has 0 radical (unpaired) electrons. The number of rotatable bonds is 62.